The Morgan fingerprint density at radius 1 is 0.488 bits per heavy atom. The summed E-state index contributed by atoms with van der Waals surface area (Å²) in [5, 5.41) is 5.12. The van der Waals surface area contributed by atoms with Crippen LogP contribution in [0.3, 0.4) is 0 Å². The number of hydrogen-bond donors (Lipinski definition) is 1. The van der Waals surface area contributed by atoms with E-state index in [-0.39, 0.29) is 5.41 Å². The number of para-hydroxylation sites is 2. The molecule has 41 heavy (non-hydrogen) atoms. The van der Waals surface area contributed by atoms with Crippen LogP contribution in [0.5, 0.6) is 0 Å². The third-order valence-electron chi connectivity index (χ3n) is 9.32. The van der Waals surface area contributed by atoms with E-state index < -0.39 is 0 Å². The van der Waals surface area contributed by atoms with Crippen LogP contribution in [0.4, 0.5) is 0 Å². The van der Waals surface area contributed by atoms with Gasteiger partial charge in [-0.15, -0.1) is 0 Å². The van der Waals surface area contributed by atoms with Gasteiger partial charge in [-0.2, -0.15) is 0 Å². The first kappa shape index (κ1) is 22.7. The lowest BCUT2D eigenvalue weighted by Gasteiger charge is -2.21. The van der Waals surface area contributed by atoms with E-state index in [1.54, 1.807) is 0 Å². The molecule has 0 spiro atoms. The summed E-state index contributed by atoms with van der Waals surface area (Å²) in [4.78, 5) is 3.72. The van der Waals surface area contributed by atoms with Crippen molar-refractivity contribution in [3.63, 3.8) is 0 Å². The lowest BCUT2D eigenvalue weighted by Crippen LogP contribution is -2.14. The number of rotatable bonds is 2. The molecule has 0 amide bonds. The molecule has 2 heterocycles. The van der Waals surface area contributed by atoms with Gasteiger partial charge in [-0.3, -0.25) is 0 Å². The average molecular weight is 525 g/mol. The number of aromatic amines is 1. The maximum Gasteiger partial charge on any atom is 0.0541 e. The Balaban J connectivity index is 1.24. The van der Waals surface area contributed by atoms with Gasteiger partial charge in [0.1, 0.15) is 0 Å². The fourth-order valence-electron chi connectivity index (χ4n) is 7.28. The number of nitrogens with one attached hydrogen (secondary N) is 1. The van der Waals surface area contributed by atoms with Gasteiger partial charge in [0.05, 0.1) is 11.0 Å². The molecule has 0 radical (unpaired) electrons. The predicted molar refractivity (Wildman–Crippen MR) is 173 cm³/mol. The molecule has 9 rings (SSSR count). The van der Waals surface area contributed by atoms with E-state index in [1.165, 1.54) is 82.7 Å². The zero-order valence-corrected chi connectivity index (χ0v) is 23.1. The highest BCUT2D eigenvalue weighted by atomic mass is 15.0. The molecule has 1 aliphatic carbocycles. The maximum atomic E-state index is 3.72. The summed E-state index contributed by atoms with van der Waals surface area (Å²) < 4.78 is 2.37. The highest BCUT2D eigenvalue weighted by molar-refractivity contribution is 6.12. The number of hydrogen-bond acceptors (Lipinski definition) is 0. The van der Waals surface area contributed by atoms with E-state index >= 15 is 0 Å². The molecule has 1 aliphatic rings. The third-order valence-corrected chi connectivity index (χ3v) is 9.32. The molecule has 2 nitrogen and oxygen atoms in total. The Labute approximate surface area is 238 Å². The number of benzene rings is 6. The van der Waals surface area contributed by atoms with Gasteiger partial charge in [-0.25, -0.2) is 0 Å². The molecule has 194 valence electrons. The van der Waals surface area contributed by atoms with Crippen molar-refractivity contribution in [3.8, 4) is 27.9 Å². The van der Waals surface area contributed by atoms with Crippen LogP contribution >= 0.6 is 0 Å². The van der Waals surface area contributed by atoms with Gasteiger partial charge in [0.15, 0.2) is 0 Å². The molecular weight excluding hydrogens is 496 g/mol. The van der Waals surface area contributed by atoms with E-state index in [0.717, 1.165) is 0 Å². The molecule has 2 aromatic heterocycles. The van der Waals surface area contributed by atoms with E-state index in [0.29, 0.717) is 0 Å². The van der Waals surface area contributed by atoms with Crippen molar-refractivity contribution in [1.82, 2.24) is 9.55 Å². The van der Waals surface area contributed by atoms with Gasteiger partial charge in [-0.05, 0) is 88.0 Å². The molecule has 1 N–H and O–H groups in total. The Kier molecular flexibility index (Phi) is 4.42. The monoisotopic (exact) mass is 524 g/mol. The zero-order valence-electron chi connectivity index (χ0n) is 23.1. The highest BCUT2D eigenvalue weighted by Gasteiger charge is 2.35. The summed E-state index contributed by atoms with van der Waals surface area (Å²) >= 11 is 0. The van der Waals surface area contributed by atoms with Crippen LogP contribution in [0.2, 0.25) is 0 Å². The maximum absolute atomic E-state index is 3.72. The van der Waals surface area contributed by atoms with Crippen molar-refractivity contribution in [2.45, 2.75) is 19.3 Å². The standard InChI is InChI=1S/C39H28N2/c1-39(2)33-14-8-6-12-27(33)29-23-36-31(22-34(29)39)30-20-24(16-18-35(30)40-36)25-17-19-38-32(21-25)28-13-7-9-15-37(28)41(38)26-10-4-3-5-11-26/h3-23,40H,1-2H3. The van der Waals surface area contributed by atoms with Crippen molar-refractivity contribution >= 4 is 43.6 Å². The second-order valence-electron chi connectivity index (χ2n) is 11.9. The van der Waals surface area contributed by atoms with Gasteiger partial charge >= 0.3 is 0 Å². The first-order valence-electron chi connectivity index (χ1n) is 14.4. The largest absolute Gasteiger partial charge is 0.354 e. The minimum Gasteiger partial charge on any atom is -0.354 e. The summed E-state index contributed by atoms with van der Waals surface area (Å²) in [5.41, 5.74) is 14.0. The lowest BCUT2D eigenvalue weighted by molar-refractivity contribution is 0.661. The first-order valence-corrected chi connectivity index (χ1v) is 14.4. The summed E-state index contributed by atoms with van der Waals surface area (Å²) in [5.74, 6) is 0. The van der Waals surface area contributed by atoms with Crippen molar-refractivity contribution in [2.24, 2.45) is 0 Å². The van der Waals surface area contributed by atoms with E-state index in [4.69, 9.17) is 0 Å². The smallest absolute Gasteiger partial charge is 0.0541 e. The van der Waals surface area contributed by atoms with Crippen molar-refractivity contribution in [1.29, 1.82) is 0 Å². The van der Waals surface area contributed by atoms with Gasteiger partial charge in [0, 0.05) is 43.7 Å². The van der Waals surface area contributed by atoms with E-state index in [9.17, 15) is 0 Å². The summed E-state index contributed by atoms with van der Waals surface area (Å²) in [6, 6.07) is 46.8. The zero-order chi connectivity index (χ0) is 27.3. The molecule has 0 atom stereocenters. The molecule has 0 saturated carbocycles. The van der Waals surface area contributed by atoms with Crippen molar-refractivity contribution in [2.75, 3.05) is 0 Å². The van der Waals surface area contributed by atoms with Crippen LogP contribution in [0.1, 0.15) is 25.0 Å². The number of nitrogens with zero attached hydrogens (tertiary/aromatic N) is 1. The van der Waals surface area contributed by atoms with E-state index in [1.807, 2.05) is 0 Å². The quantitative estimate of drug-likeness (QED) is 0.232. The Bertz CT molecular complexity index is 2330. The minimum atomic E-state index is -0.0146. The van der Waals surface area contributed by atoms with Gasteiger partial charge in [0.2, 0.25) is 0 Å². The number of aromatic nitrogens is 2. The normalized spacial score (nSPS) is 13.8. The van der Waals surface area contributed by atoms with Crippen LogP contribution in [0.15, 0.2) is 127 Å². The Morgan fingerprint density at radius 3 is 2.05 bits per heavy atom. The van der Waals surface area contributed by atoms with Crippen LogP contribution in [0.25, 0.3) is 71.6 Å². The van der Waals surface area contributed by atoms with Crippen molar-refractivity contribution < 1.29 is 0 Å². The lowest BCUT2D eigenvalue weighted by atomic mass is 9.82. The molecule has 2 heteroatoms. The van der Waals surface area contributed by atoms with Gasteiger partial charge < -0.3 is 9.55 Å². The topological polar surface area (TPSA) is 20.7 Å². The number of H-pyrrole nitrogens is 1. The number of fused-ring (bicyclic) bond motifs is 9. The van der Waals surface area contributed by atoms with Gasteiger partial charge in [-0.1, -0.05) is 86.6 Å². The van der Waals surface area contributed by atoms with Crippen LogP contribution in [-0.2, 0) is 5.41 Å². The molecule has 0 bridgehead atoms. The summed E-state index contributed by atoms with van der Waals surface area (Å²) in [6.07, 6.45) is 0. The molecule has 6 aromatic carbocycles. The molecule has 0 saturated heterocycles. The molecule has 0 aliphatic heterocycles. The Morgan fingerprint density at radius 2 is 1.17 bits per heavy atom. The molecule has 0 fully saturated rings. The second-order valence-corrected chi connectivity index (χ2v) is 11.9. The Hall–Kier alpha value is -5.08. The fraction of sp³-hybridized carbons (Fsp3) is 0.0769. The summed E-state index contributed by atoms with van der Waals surface area (Å²) in [7, 11) is 0. The first-order chi connectivity index (χ1) is 20.1. The SMILES string of the molecule is CC1(C)c2ccccc2-c2cc3[nH]c4ccc(-c5ccc6c(c5)c5ccccc5n6-c5ccccc5)cc4c3cc21. The molecule has 0 unspecified atom stereocenters. The molecular formula is C39H28N2. The van der Waals surface area contributed by atoms with Crippen LogP contribution < -0.4 is 0 Å². The third kappa shape index (κ3) is 3.08. The average Bonchev–Trinajstić information content (AvgIpc) is 3.62. The second kappa shape index (κ2) is 7.99. The minimum absolute atomic E-state index is 0.0146. The fourth-order valence-corrected chi connectivity index (χ4v) is 7.28. The molecule has 8 aromatic rings. The van der Waals surface area contributed by atoms with Crippen molar-refractivity contribution in [3.05, 3.63) is 139 Å². The highest BCUT2D eigenvalue weighted by Crippen LogP contribution is 2.50. The predicted octanol–water partition coefficient (Wildman–Crippen LogP) is 10.4. The van der Waals surface area contributed by atoms with Gasteiger partial charge in [0.25, 0.3) is 0 Å². The van der Waals surface area contributed by atoms with Crippen LogP contribution in [0, 0.1) is 0 Å². The summed E-state index contributed by atoms with van der Waals surface area (Å²) in [6.45, 7) is 4.70. The van der Waals surface area contributed by atoms with E-state index in [2.05, 4.69) is 151 Å². The van der Waals surface area contributed by atoms with Crippen LogP contribution in [-0.4, -0.2) is 9.55 Å².